The molecule has 8 nitrogen and oxygen atoms in total. The smallest absolute Gasteiger partial charge is 0.253 e. The summed E-state index contributed by atoms with van der Waals surface area (Å²) in [7, 11) is -2.34. The fourth-order valence-corrected chi connectivity index (χ4v) is 4.99. The van der Waals surface area contributed by atoms with E-state index >= 15 is 0 Å². The van der Waals surface area contributed by atoms with E-state index in [0.29, 0.717) is 35.6 Å². The standard InChI is InChI=1S/C19H24N4O4S2/c1-12-9-15(10-16(13(12)2)29(26,27)20-3)18(25)23-7-4-5-14(11-23)17(24)22-19-21-6-8-28-19/h6,8-10,14,20H,4-5,7,11H2,1-3H3,(H,21,22,24). The number of aromatic nitrogens is 1. The van der Waals surface area contributed by atoms with E-state index in [9.17, 15) is 18.0 Å². The first-order valence-corrected chi connectivity index (χ1v) is 11.6. The molecule has 1 saturated heterocycles. The predicted molar refractivity (Wildman–Crippen MR) is 112 cm³/mol. The van der Waals surface area contributed by atoms with Crippen LogP contribution in [0.5, 0.6) is 0 Å². The molecule has 1 aliphatic heterocycles. The van der Waals surface area contributed by atoms with Crippen LogP contribution >= 0.6 is 11.3 Å². The molecule has 3 rings (SSSR count). The summed E-state index contributed by atoms with van der Waals surface area (Å²) in [4.78, 5) is 31.4. The lowest BCUT2D eigenvalue weighted by Gasteiger charge is -2.32. The summed E-state index contributed by atoms with van der Waals surface area (Å²) in [5, 5.41) is 5.10. The topological polar surface area (TPSA) is 108 Å². The summed E-state index contributed by atoms with van der Waals surface area (Å²) in [5.74, 6) is -0.757. The zero-order chi connectivity index (χ0) is 21.2. The molecule has 0 bridgehead atoms. The van der Waals surface area contributed by atoms with Crippen LogP contribution in [0.15, 0.2) is 28.6 Å². The maximum absolute atomic E-state index is 13.1. The van der Waals surface area contributed by atoms with Crippen molar-refractivity contribution in [2.75, 3.05) is 25.5 Å². The van der Waals surface area contributed by atoms with Crippen molar-refractivity contribution in [1.29, 1.82) is 0 Å². The Morgan fingerprint density at radius 2 is 2.03 bits per heavy atom. The van der Waals surface area contributed by atoms with Gasteiger partial charge in [0.1, 0.15) is 0 Å². The highest BCUT2D eigenvalue weighted by molar-refractivity contribution is 7.89. The number of likely N-dealkylation sites (tertiary alicyclic amines) is 1. The van der Waals surface area contributed by atoms with Crippen LogP contribution in [0, 0.1) is 19.8 Å². The van der Waals surface area contributed by atoms with Crippen LogP contribution in [-0.4, -0.2) is 50.3 Å². The number of sulfonamides is 1. The van der Waals surface area contributed by atoms with Gasteiger partial charge in [0, 0.05) is 30.2 Å². The monoisotopic (exact) mass is 436 g/mol. The Hall–Kier alpha value is -2.30. The minimum Gasteiger partial charge on any atom is -0.338 e. The van der Waals surface area contributed by atoms with Crippen molar-refractivity contribution in [2.45, 2.75) is 31.6 Å². The number of nitrogens with one attached hydrogen (secondary N) is 2. The molecule has 10 heteroatoms. The molecule has 2 amide bonds. The van der Waals surface area contributed by atoms with Crippen molar-refractivity contribution in [3.8, 4) is 0 Å². The van der Waals surface area contributed by atoms with Crippen LogP contribution in [0.3, 0.4) is 0 Å². The van der Waals surface area contributed by atoms with E-state index in [0.717, 1.165) is 5.56 Å². The molecule has 1 unspecified atom stereocenters. The van der Waals surface area contributed by atoms with Crippen molar-refractivity contribution >= 4 is 38.3 Å². The van der Waals surface area contributed by atoms with Crippen LogP contribution in [-0.2, 0) is 14.8 Å². The molecule has 1 aliphatic rings. The minimum atomic E-state index is -3.68. The number of carbonyl (C=O) groups excluding carboxylic acids is 2. The first-order chi connectivity index (χ1) is 13.7. The highest BCUT2D eigenvalue weighted by atomic mass is 32.2. The largest absolute Gasteiger partial charge is 0.338 e. The Morgan fingerprint density at radius 3 is 2.69 bits per heavy atom. The number of aryl methyl sites for hydroxylation is 1. The number of hydrogen-bond donors (Lipinski definition) is 2. The number of thiazole rings is 1. The molecule has 0 saturated carbocycles. The van der Waals surface area contributed by atoms with E-state index in [1.165, 1.54) is 24.5 Å². The molecular weight excluding hydrogens is 412 g/mol. The SMILES string of the molecule is CNS(=O)(=O)c1cc(C(=O)N2CCCC(C(=O)Nc3nccs3)C2)cc(C)c1C. The maximum atomic E-state index is 13.1. The van der Waals surface area contributed by atoms with Gasteiger partial charge in [-0.3, -0.25) is 9.59 Å². The Bertz CT molecular complexity index is 1020. The van der Waals surface area contributed by atoms with Gasteiger partial charge in [-0.1, -0.05) is 0 Å². The molecule has 2 N–H and O–H groups in total. The predicted octanol–water partition coefficient (Wildman–Crippen LogP) is 2.16. The van der Waals surface area contributed by atoms with Crippen LogP contribution < -0.4 is 10.0 Å². The maximum Gasteiger partial charge on any atom is 0.253 e. The third-order valence-electron chi connectivity index (χ3n) is 5.17. The number of nitrogens with zero attached hydrogens (tertiary/aromatic N) is 2. The molecule has 1 aromatic heterocycles. The van der Waals surface area contributed by atoms with Gasteiger partial charge in [-0.05, 0) is 57.0 Å². The normalized spacial score (nSPS) is 17.2. The van der Waals surface area contributed by atoms with Crippen LogP contribution in [0.4, 0.5) is 5.13 Å². The van der Waals surface area contributed by atoms with Gasteiger partial charge in [0.15, 0.2) is 5.13 Å². The number of hydrogen-bond acceptors (Lipinski definition) is 6. The van der Waals surface area contributed by atoms with E-state index in [-0.39, 0.29) is 29.2 Å². The number of carbonyl (C=O) groups is 2. The summed E-state index contributed by atoms with van der Waals surface area (Å²) in [6, 6.07) is 3.11. The second kappa shape index (κ2) is 8.60. The average Bonchev–Trinajstić information content (AvgIpc) is 3.22. The van der Waals surface area contributed by atoms with Crippen LogP contribution in [0.1, 0.15) is 34.3 Å². The van der Waals surface area contributed by atoms with Gasteiger partial charge in [-0.25, -0.2) is 18.1 Å². The summed E-state index contributed by atoms with van der Waals surface area (Å²) >= 11 is 1.34. The van der Waals surface area contributed by atoms with Gasteiger partial charge in [0.05, 0.1) is 10.8 Å². The van der Waals surface area contributed by atoms with Crippen LogP contribution in [0.25, 0.3) is 0 Å². The molecule has 1 aromatic carbocycles. The third-order valence-corrected chi connectivity index (χ3v) is 7.40. The van der Waals surface area contributed by atoms with E-state index < -0.39 is 10.0 Å². The van der Waals surface area contributed by atoms with Gasteiger partial charge in [-0.15, -0.1) is 11.3 Å². The molecule has 0 aliphatic carbocycles. The zero-order valence-electron chi connectivity index (χ0n) is 16.6. The highest BCUT2D eigenvalue weighted by Crippen LogP contribution is 2.25. The fourth-order valence-electron chi connectivity index (χ4n) is 3.39. The third kappa shape index (κ3) is 4.65. The van der Waals surface area contributed by atoms with E-state index in [1.54, 1.807) is 36.4 Å². The highest BCUT2D eigenvalue weighted by Gasteiger charge is 2.30. The second-order valence-electron chi connectivity index (χ2n) is 7.04. The number of rotatable bonds is 5. The molecule has 156 valence electrons. The lowest BCUT2D eigenvalue weighted by molar-refractivity contribution is -0.121. The van der Waals surface area contributed by atoms with E-state index in [2.05, 4.69) is 15.0 Å². The molecule has 2 heterocycles. The molecular formula is C19H24N4O4S2. The van der Waals surface area contributed by atoms with Crippen molar-refractivity contribution < 1.29 is 18.0 Å². The number of benzene rings is 1. The number of amides is 2. The number of anilines is 1. The van der Waals surface area contributed by atoms with Crippen molar-refractivity contribution in [3.05, 3.63) is 40.4 Å². The molecule has 1 fully saturated rings. The quantitative estimate of drug-likeness (QED) is 0.747. The number of piperidine rings is 1. The molecule has 29 heavy (non-hydrogen) atoms. The summed E-state index contributed by atoms with van der Waals surface area (Å²) in [5.41, 5.74) is 1.64. The van der Waals surface area contributed by atoms with E-state index in [1.807, 2.05) is 0 Å². The van der Waals surface area contributed by atoms with Gasteiger partial charge < -0.3 is 10.2 Å². The molecule has 0 spiro atoms. The van der Waals surface area contributed by atoms with Crippen molar-refractivity contribution in [1.82, 2.24) is 14.6 Å². The molecule has 1 atom stereocenters. The second-order valence-corrected chi connectivity index (χ2v) is 9.79. The van der Waals surface area contributed by atoms with Crippen molar-refractivity contribution in [3.63, 3.8) is 0 Å². The zero-order valence-corrected chi connectivity index (χ0v) is 18.2. The van der Waals surface area contributed by atoms with Gasteiger partial charge >= 0.3 is 0 Å². The average molecular weight is 437 g/mol. The summed E-state index contributed by atoms with van der Waals surface area (Å²) in [6.07, 6.45) is 3.01. The Kier molecular flexibility index (Phi) is 6.35. The Morgan fingerprint density at radius 1 is 1.28 bits per heavy atom. The van der Waals surface area contributed by atoms with Crippen LogP contribution in [0.2, 0.25) is 0 Å². The Labute approximate surface area is 174 Å². The van der Waals surface area contributed by atoms with Gasteiger partial charge in [-0.2, -0.15) is 0 Å². The lowest BCUT2D eigenvalue weighted by atomic mass is 9.96. The van der Waals surface area contributed by atoms with E-state index in [4.69, 9.17) is 0 Å². The fraction of sp³-hybridized carbons (Fsp3) is 0.421. The molecule has 2 aromatic rings. The summed E-state index contributed by atoms with van der Waals surface area (Å²) < 4.78 is 27.0. The lowest BCUT2D eigenvalue weighted by Crippen LogP contribution is -2.43. The van der Waals surface area contributed by atoms with Crippen molar-refractivity contribution in [2.24, 2.45) is 5.92 Å². The first-order valence-electron chi connectivity index (χ1n) is 9.27. The molecule has 0 radical (unpaired) electrons. The Balaban J connectivity index is 1.80. The minimum absolute atomic E-state index is 0.0958. The van der Waals surface area contributed by atoms with Gasteiger partial charge in [0.2, 0.25) is 15.9 Å². The first kappa shape index (κ1) is 21.4. The van der Waals surface area contributed by atoms with Gasteiger partial charge in [0.25, 0.3) is 5.91 Å². The summed E-state index contributed by atoms with van der Waals surface area (Å²) in [6.45, 7) is 4.31.